The summed E-state index contributed by atoms with van der Waals surface area (Å²) < 4.78 is 0. The second-order valence-corrected chi connectivity index (χ2v) is 5.65. The highest BCUT2D eigenvalue weighted by Gasteiger charge is 2.33. The minimum atomic E-state index is -0.699. The van der Waals surface area contributed by atoms with Crippen molar-refractivity contribution < 1.29 is 10.2 Å². The van der Waals surface area contributed by atoms with Crippen LogP contribution in [0.5, 0.6) is 0 Å². The maximum Gasteiger partial charge on any atom is 0.0878 e. The predicted molar refractivity (Wildman–Crippen MR) is 85.7 cm³/mol. The summed E-state index contributed by atoms with van der Waals surface area (Å²) in [5, 5.41) is 21.1. The summed E-state index contributed by atoms with van der Waals surface area (Å²) in [5.41, 5.74) is 1.09. The number of hydrogen-bond donors (Lipinski definition) is 2. The monoisotopic (exact) mass is 282 g/mol. The van der Waals surface area contributed by atoms with E-state index in [0.29, 0.717) is 6.42 Å². The zero-order valence-corrected chi connectivity index (χ0v) is 12.3. The van der Waals surface area contributed by atoms with Gasteiger partial charge in [0.2, 0.25) is 0 Å². The fourth-order valence-corrected chi connectivity index (χ4v) is 2.53. The molecule has 2 nitrogen and oxygen atoms in total. The SMILES string of the molecule is C=CC(C)(CC(O)c1ccccc1)C(O)c1ccccc1. The normalized spacial score (nSPS) is 16.7. The van der Waals surface area contributed by atoms with Gasteiger partial charge >= 0.3 is 0 Å². The molecule has 0 spiro atoms. The Morgan fingerprint density at radius 1 is 0.952 bits per heavy atom. The van der Waals surface area contributed by atoms with Gasteiger partial charge in [-0.3, -0.25) is 0 Å². The van der Waals surface area contributed by atoms with Crippen LogP contribution in [0.1, 0.15) is 36.7 Å². The van der Waals surface area contributed by atoms with Crippen molar-refractivity contribution in [3.63, 3.8) is 0 Å². The maximum absolute atomic E-state index is 10.7. The minimum Gasteiger partial charge on any atom is -0.388 e. The molecular weight excluding hydrogens is 260 g/mol. The first-order valence-electron chi connectivity index (χ1n) is 7.16. The average Bonchev–Trinajstić information content (AvgIpc) is 2.55. The van der Waals surface area contributed by atoms with Gasteiger partial charge in [0.1, 0.15) is 0 Å². The van der Waals surface area contributed by atoms with E-state index in [0.717, 1.165) is 11.1 Å². The third kappa shape index (κ3) is 3.60. The van der Waals surface area contributed by atoms with Crippen molar-refractivity contribution in [2.45, 2.75) is 25.6 Å². The number of hydrogen-bond acceptors (Lipinski definition) is 2. The lowest BCUT2D eigenvalue weighted by Crippen LogP contribution is -2.26. The van der Waals surface area contributed by atoms with E-state index in [1.54, 1.807) is 6.08 Å². The average molecular weight is 282 g/mol. The summed E-state index contributed by atoms with van der Waals surface area (Å²) in [7, 11) is 0. The van der Waals surface area contributed by atoms with Crippen LogP contribution in [0, 0.1) is 5.41 Å². The molecule has 0 aromatic heterocycles. The Morgan fingerprint density at radius 3 is 1.90 bits per heavy atom. The molecule has 2 heteroatoms. The third-order valence-electron chi connectivity index (χ3n) is 4.02. The molecule has 2 aromatic carbocycles. The van der Waals surface area contributed by atoms with Crippen molar-refractivity contribution in [3.8, 4) is 0 Å². The van der Waals surface area contributed by atoms with Gasteiger partial charge in [0.05, 0.1) is 12.2 Å². The van der Waals surface area contributed by atoms with Crippen LogP contribution in [0.3, 0.4) is 0 Å². The van der Waals surface area contributed by atoms with Crippen LogP contribution in [0.25, 0.3) is 0 Å². The molecule has 2 aromatic rings. The fraction of sp³-hybridized carbons (Fsp3) is 0.263. The van der Waals surface area contributed by atoms with Crippen LogP contribution in [0.2, 0.25) is 0 Å². The van der Waals surface area contributed by atoms with E-state index in [1.165, 1.54) is 0 Å². The Morgan fingerprint density at radius 2 is 1.43 bits per heavy atom. The Kier molecular flexibility index (Phi) is 4.94. The van der Waals surface area contributed by atoms with Gasteiger partial charge < -0.3 is 10.2 Å². The van der Waals surface area contributed by atoms with E-state index in [9.17, 15) is 10.2 Å². The van der Waals surface area contributed by atoms with Crippen LogP contribution >= 0.6 is 0 Å². The highest BCUT2D eigenvalue weighted by molar-refractivity contribution is 5.23. The molecule has 0 amide bonds. The Bertz CT molecular complexity index is 565. The standard InChI is InChI=1S/C19H22O2/c1-3-19(2,18(21)16-12-8-5-9-13-16)14-17(20)15-10-6-4-7-11-15/h3-13,17-18,20-21H,1,14H2,2H3. The van der Waals surface area contributed by atoms with Gasteiger partial charge in [-0.1, -0.05) is 73.7 Å². The van der Waals surface area contributed by atoms with Crippen molar-refractivity contribution in [1.29, 1.82) is 0 Å². The van der Waals surface area contributed by atoms with Crippen LogP contribution in [-0.4, -0.2) is 10.2 Å². The molecule has 2 N–H and O–H groups in total. The van der Waals surface area contributed by atoms with Crippen LogP contribution < -0.4 is 0 Å². The highest BCUT2D eigenvalue weighted by Crippen LogP contribution is 2.41. The third-order valence-corrected chi connectivity index (χ3v) is 4.02. The largest absolute Gasteiger partial charge is 0.388 e. The molecule has 0 aliphatic rings. The molecule has 21 heavy (non-hydrogen) atoms. The van der Waals surface area contributed by atoms with Crippen LogP contribution in [0.15, 0.2) is 73.3 Å². The molecule has 0 bridgehead atoms. The van der Waals surface area contributed by atoms with E-state index in [-0.39, 0.29) is 0 Å². The Hall–Kier alpha value is -1.90. The zero-order valence-electron chi connectivity index (χ0n) is 12.3. The second-order valence-electron chi connectivity index (χ2n) is 5.65. The van der Waals surface area contributed by atoms with Crippen molar-refractivity contribution >= 4 is 0 Å². The fourth-order valence-electron chi connectivity index (χ4n) is 2.53. The Balaban J connectivity index is 2.19. The van der Waals surface area contributed by atoms with E-state index in [4.69, 9.17) is 0 Å². The molecule has 0 heterocycles. The molecule has 3 unspecified atom stereocenters. The van der Waals surface area contributed by atoms with Crippen molar-refractivity contribution in [2.75, 3.05) is 0 Å². The first-order chi connectivity index (χ1) is 10.1. The molecule has 0 fully saturated rings. The molecule has 3 atom stereocenters. The molecule has 0 saturated heterocycles. The molecule has 0 aliphatic carbocycles. The lowest BCUT2D eigenvalue weighted by atomic mass is 9.75. The Labute approximate surface area is 126 Å². The predicted octanol–water partition coefficient (Wildman–Crippen LogP) is 4.04. The summed E-state index contributed by atoms with van der Waals surface area (Å²) in [4.78, 5) is 0. The van der Waals surface area contributed by atoms with Gasteiger partial charge in [0.25, 0.3) is 0 Å². The van der Waals surface area contributed by atoms with Crippen LogP contribution in [0.4, 0.5) is 0 Å². The van der Waals surface area contributed by atoms with Crippen molar-refractivity contribution in [2.24, 2.45) is 5.41 Å². The summed E-state index contributed by atoms with van der Waals surface area (Å²) >= 11 is 0. The van der Waals surface area contributed by atoms with Gasteiger partial charge in [-0.2, -0.15) is 0 Å². The number of aliphatic hydroxyl groups excluding tert-OH is 2. The van der Waals surface area contributed by atoms with E-state index in [1.807, 2.05) is 67.6 Å². The van der Waals surface area contributed by atoms with Crippen molar-refractivity contribution in [1.82, 2.24) is 0 Å². The molecule has 110 valence electrons. The number of rotatable bonds is 6. The number of benzene rings is 2. The highest BCUT2D eigenvalue weighted by atomic mass is 16.3. The first-order valence-corrected chi connectivity index (χ1v) is 7.16. The number of aliphatic hydroxyl groups is 2. The van der Waals surface area contributed by atoms with Gasteiger partial charge in [0.15, 0.2) is 0 Å². The van der Waals surface area contributed by atoms with E-state index >= 15 is 0 Å². The summed E-state index contributed by atoms with van der Waals surface area (Å²) in [6.45, 7) is 5.78. The topological polar surface area (TPSA) is 40.5 Å². The molecular formula is C19H22O2. The lowest BCUT2D eigenvalue weighted by Gasteiger charge is -2.33. The van der Waals surface area contributed by atoms with Gasteiger partial charge in [0, 0.05) is 5.41 Å². The summed E-state index contributed by atoms with van der Waals surface area (Å²) in [6, 6.07) is 19.0. The molecule has 0 radical (unpaired) electrons. The van der Waals surface area contributed by atoms with Crippen molar-refractivity contribution in [3.05, 3.63) is 84.4 Å². The molecule has 0 aliphatic heterocycles. The quantitative estimate of drug-likeness (QED) is 0.785. The zero-order chi connectivity index (χ0) is 15.3. The summed E-state index contributed by atoms with van der Waals surface area (Å²) in [6.07, 6.45) is 0.815. The lowest BCUT2D eigenvalue weighted by molar-refractivity contribution is 0.0251. The van der Waals surface area contributed by atoms with Gasteiger partial charge in [-0.15, -0.1) is 6.58 Å². The van der Waals surface area contributed by atoms with Gasteiger partial charge in [-0.05, 0) is 17.5 Å². The maximum atomic E-state index is 10.7. The van der Waals surface area contributed by atoms with E-state index in [2.05, 4.69) is 6.58 Å². The van der Waals surface area contributed by atoms with E-state index < -0.39 is 17.6 Å². The molecule has 2 rings (SSSR count). The van der Waals surface area contributed by atoms with Crippen LogP contribution in [-0.2, 0) is 0 Å². The second kappa shape index (κ2) is 6.70. The summed E-state index contributed by atoms with van der Waals surface area (Å²) in [5.74, 6) is 0. The first kappa shape index (κ1) is 15.5. The van der Waals surface area contributed by atoms with Gasteiger partial charge in [-0.25, -0.2) is 0 Å². The minimum absolute atomic E-state index is 0.413. The molecule has 0 saturated carbocycles. The smallest absolute Gasteiger partial charge is 0.0878 e.